The number of nitrogens with zero attached hydrogens (tertiary/aromatic N) is 1. The number of hydrogen-bond acceptors (Lipinski definition) is 4. The maximum Gasteiger partial charge on any atom is 0.138 e. The Bertz CT molecular complexity index is 1240. The van der Waals surface area contributed by atoms with Crippen LogP contribution in [0.25, 0.3) is 28.5 Å². The van der Waals surface area contributed by atoms with E-state index in [0.717, 1.165) is 33.6 Å². The first-order chi connectivity index (χ1) is 14.3. The molecule has 5 rings (SSSR count). The Balaban J connectivity index is 1.84. The van der Waals surface area contributed by atoms with Crippen LogP contribution < -0.4 is 10.1 Å². The van der Waals surface area contributed by atoms with Crippen molar-refractivity contribution in [3.8, 4) is 22.6 Å². The van der Waals surface area contributed by atoms with E-state index in [-0.39, 0.29) is 16.3 Å². The molecule has 0 spiro atoms. The zero-order valence-electron chi connectivity index (χ0n) is 17.0. The van der Waals surface area contributed by atoms with E-state index >= 15 is 0 Å². The minimum Gasteiger partial charge on any atom is -0.506 e. The van der Waals surface area contributed by atoms with E-state index in [1.807, 2.05) is 30.3 Å². The van der Waals surface area contributed by atoms with Crippen LogP contribution in [0.15, 0.2) is 54.7 Å². The Morgan fingerprint density at radius 2 is 1.90 bits per heavy atom. The van der Waals surface area contributed by atoms with Crippen LogP contribution in [0.5, 0.6) is 11.5 Å². The highest BCUT2D eigenvalue weighted by atomic mass is 35.5. The minimum atomic E-state index is -0.153. The lowest BCUT2D eigenvalue weighted by Crippen LogP contribution is -2.32. The predicted octanol–water partition coefficient (Wildman–Crippen LogP) is 6.61. The van der Waals surface area contributed by atoms with E-state index in [2.05, 4.69) is 43.2 Å². The number of fused-ring (bicyclic) bond motifs is 5. The van der Waals surface area contributed by atoms with Gasteiger partial charge in [-0.05, 0) is 62.2 Å². The van der Waals surface area contributed by atoms with E-state index in [1.54, 1.807) is 18.3 Å². The summed E-state index contributed by atoms with van der Waals surface area (Å²) < 4.78 is 6.34. The SMILES string of the molecule is CC1=CC(C)(C)Nc2ccc3c(c21)C(=Cc1ccccn1)Oc1ccc(O)c(Cl)c1-3. The van der Waals surface area contributed by atoms with Gasteiger partial charge in [0, 0.05) is 34.7 Å². The summed E-state index contributed by atoms with van der Waals surface area (Å²) in [5.41, 5.74) is 6.47. The molecule has 0 amide bonds. The first-order valence-electron chi connectivity index (χ1n) is 9.82. The molecule has 0 fully saturated rings. The summed E-state index contributed by atoms with van der Waals surface area (Å²) in [6.45, 7) is 6.40. The number of nitrogens with one attached hydrogen (secondary N) is 1. The molecular formula is C25H21ClN2O2. The van der Waals surface area contributed by atoms with Crippen LogP contribution in [0.3, 0.4) is 0 Å². The normalized spacial score (nSPS) is 17.2. The zero-order chi connectivity index (χ0) is 21.0. The number of phenols is 1. The summed E-state index contributed by atoms with van der Waals surface area (Å²) in [6.07, 6.45) is 5.91. The van der Waals surface area contributed by atoms with Gasteiger partial charge in [-0.2, -0.15) is 0 Å². The van der Waals surface area contributed by atoms with E-state index in [9.17, 15) is 5.11 Å². The fourth-order valence-corrected chi connectivity index (χ4v) is 4.59. The van der Waals surface area contributed by atoms with Gasteiger partial charge < -0.3 is 15.2 Å². The molecule has 0 radical (unpaired) electrons. The summed E-state index contributed by atoms with van der Waals surface area (Å²) >= 11 is 6.52. The quantitative estimate of drug-likeness (QED) is 0.469. The average Bonchev–Trinajstić information content (AvgIpc) is 2.70. The molecule has 30 heavy (non-hydrogen) atoms. The van der Waals surface area contributed by atoms with Gasteiger partial charge in [-0.1, -0.05) is 29.8 Å². The second-order valence-electron chi connectivity index (χ2n) is 8.22. The molecule has 0 unspecified atom stereocenters. The minimum absolute atomic E-state index is 0.0337. The lowest BCUT2D eigenvalue weighted by molar-refractivity contribution is 0.471. The Labute approximate surface area is 180 Å². The van der Waals surface area contributed by atoms with Crippen LogP contribution in [0.4, 0.5) is 5.69 Å². The molecule has 0 saturated heterocycles. The Morgan fingerprint density at radius 3 is 2.67 bits per heavy atom. The third-order valence-corrected chi connectivity index (χ3v) is 5.80. The Morgan fingerprint density at radius 1 is 1.07 bits per heavy atom. The number of rotatable bonds is 1. The molecule has 2 aromatic carbocycles. The van der Waals surface area contributed by atoms with Crippen LogP contribution in [0.2, 0.25) is 5.02 Å². The smallest absolute Gasteiger partial charge is 0.138 e. The average molecular weight is 417 g/mol. The van der Waals surface area contributed by atoms with Crippen molar-refractivity contribution in [3.63, 3.8) is 0 Å². The molecule has 3 aromatic rings. The number of aromatic nitrogens is 1. The molecule has 150 valence electrons. The molecule has 0 saturated carbocycles. The van der Waals surface area contributed by atoms with Crippen molar-refractivity contribution in [1.82, 2.24) is 4.98 Å². The molecule has 0 bridgehead atoms. The monoisotopic (exact) mass is 416 g/mol. The number of pyridine rings is 1. The summed E-state index contributed by atoms with van der Waals surface area (Å²) in [5.74, 6) is 1.34. The third-order valence-electron chi connectivity index (χ3n) is 5.42. The lowest BCUT2D eigenvalue weighted by atomic mass is 9.83. The molecule has 0 atom stereocenters. The van der Waals surface area contributed by atoms with E-state index in [4.69, 9.17) is 16.3 Å². The number of benzene rings is 2. The van der Waals surface area contributed by atoms with Gasteiger partial charge in [-0.25, -0.2) is 0 Å². The van der Waals surface area contributed by atoms with Crippen molar-refractivity contribution >= 4 is 34.7 Å². The van der Waals surface area contributed by atoms with Crippen molar-refractivity contribution in [2.24, 2.45) is 0 Å². The van der Waals surface area contributed by atoms with Gasteiger partial charge in [-0.15, -0.1) is 0 Å². The van der Waals surface area contributed by atoms with Crippen molar-refractivity contribution in [2.45, 2.75) is 26.3 Å². The van der Waals surface area contributed by atoms with E-state index in [0.29, 0.717) is 17.1 Å². The highest BCUT2D eigenvalue weighted by Gasteiger charge is 2.32. The highest BCUT2D eigenvalue weighted by molar-refractivity contribution is 6.35. The number of halogens is 1. The maximum atomic E-state index is 10.2. The molecule has 1 aromatic heterocycles. The molecule has 0 aliphatic carbocycles. The van der Waals surface area contributed by atoms with Crippen molar-refractivity contribution in [2.75, 3.05) is 5.32 Å². The zero-order valence-corrected chi connectivity index (χ0v) is 17.7. The van der Waals surface area contributed by atoms with Crippen molar-refractivity contribution < 1.29 is 9.84 Å². The van der Waals surface area contributed by atoms with Gasteiger partial charge in [0.15, 0.2) is 0 Å². The number of aromatic hydroxyl groups is 1. The molecule has 2 aliphatic rings. The fourth-order valence-electron chi connectivity index (χ4n) is 4.33. The van der Waals surface area contributed by atoms with Crippen molar-refractivity contribution in [3.05, 3.63) is 76.6 Å². The summed E-state index contributed by atoms with van der Waals surface area (Å²) in [6, 6.07) is 13.2. The standard InChI is InChI=1S/C25H21ClN2O2/c1-14-13-25(2,3)28-17-8-7-16-22(21(14)17)20(12-15-6-4-5-11-27-15)30-19-10-9-18(29)24(26)23(16)19/h4-13,28-29H,1-3H3. The topological polar surface area (TPSA) is 54.4 Å². The molecule has 3 heterocycles. The summed E-state index contributed by atoms with van der Waals surface area (Å²) in [5, 5.41) is 14.1. The number of phenolic OH excluding ortho intramolecular Hbond substituents is 1. The first kappa shape index (κ1) is 18.8. The number of anilines is 1. The van der Waals surface area contributed by atoms with Gasteiger partial charge in [0.25, 0.3) is 0 Å². The summed E-state index contributed by atoms with van der Waals surface area (Å²) in [7, 11) is 0. The molecular weight excluding hydrogens is 396 g/mol. The van der Waals surface area contributed by atoms with Crippen LogP contribution in [-0.4, -0.2) is 15.6 Å². The second-order valence-corrected chi connectivity index (χ2v) is 8.60. The van der Waals surface area contributed by atoms with Gasteiger partial charge in [0.1, 0.15) is 17.3 Å². The predicted molar refractivity (Wildman–Crippen MR) is 123 cm³/mol. The van der Waals surface area contributed by atoms with Gasteiger partial charge in [0.05, 0.1) is 16.3 Å². The second kappa shape index (κ2) is 6.64. The van der Waals surface area contributed by atoms with E-state index < -0.39 is 0 Å². The Kier molecular flexibility index (Phi) is 4.16. The number of hydrogen-bond donors (Lipinski definition) is 2. The van der Waals surface area contributed by atoms with Crippen LogP contribution in [-0.2, 0) is 0 Å². The van der Waals surface area contributed by atoms with Crippen LogP contribution >= 0.6 is 11.6 Å². The van der Waals surface area contributed by atoms with Gasteiger partial charge in [0.2, 0.25) is 0 Å². The molecule has 5 heteroatoms. The van der Waals surface area contributed by atoms with Gasteiger partial charge in [-0.3, -0.25) is 4.98 Å². The summed E-state index contributed by atoms with van der Waals surface area (Å²) in [4.78, 5) is 4.43. The number of allylic oxidation sites excluding steroid dienone is 1. The lowest BCUT2D eigenvalue weighted by Gasteiger charge is -2.35. The molecule has 4 nitrogen and oxygen atoms in total. The highest BCUT2D eigenvalue weighted by Crippen LogP contribution is 2.52. The van der Waals surface area contributed by atoms with Crippen LogP contribution in [0, 0.1) is 0 Å². The Hall–Kier alpha value is -3.24. The van der Waals surface area contributed by atoms with E-state index in [1.165, 1.54) is 0 Å². The van der Waals surface area contributed by atoms with Gasteiger partial charge >= 0.3 is 0 Å². The molecule has 2 aliphatic heterocycles. The fraction of sp³-hybridized carbons (Fsp3) is 0.160. The first-order valence-corrected chi connectivity index (χ1v) is 10.2. The number of ether oxygens (including phenoxy) is 1. The molecule has 2 N–H and O–H groups in total. The largest absolute Gasteiger partial charge is 0.506 e. The third kappa shape index (κ3) is 2.96. The van der Waals surface area contributed by atoms with Crippen molar-refractivity contribution in [1.29, 1.82) is 0 Å². The maximum absolute atomic E-state index is 10.2. The van der Waals surface area contributed by atoms with Crippen LogP contribution in [0.1, 0.15) is 37.6 Å².